The van der Waals surface area contributed by atoms with E-state index in [1.165, 1.54) is 10.4 Å². The molecule has 3 rings (SSSR count). The highest BCUT2D eigenvalue weighted by Crippen LogP contribution is 2.32. The van der Waals surface area contributed by atoms with Crippen molar-refractivity contribution in [3.8, 4) is 11.5 Å². The van der Waals surface area contributed by atoms with Gasteiger partial charge in [0.25, 0.3) is 0 Å². The maximum absolute atomic E-state index is 10.1. The summed E-state index contributed by atoms with van der Waals surface area (Å²) in [4.78, 5) is 1.37. The first-order valence-corrected chi connectivity index (χ1v) is 10.2. The van der Waals surface area contributed by atoms with E-state index in [1.807, 2.05) is 12.1 Å². The summed E-state index contributed by atoms with van der Waals surface area (Å²) in [6, 6.07) is 8.16. The highest BCUT2D eigenvalue weighted by molar-refractivity contribution is 7.16. The minimum absolute atomic E-state index is 0.132. The van der Waals surface area contributed by atoms with Crippen LogP contribution in [0.3, 0.4) is 0 Å². The number of hydrogen-bond acceptors (Lipinski definition) is 5. The SMILES string of the molecule is COc1ccc([C@@H]2CCOCCc3cc(Cl)sc3CC[C@H](C)N2)cc1O. The number of halogens is 1. The van der Waals surface area contributed by atoms with Gasteiger partial charge in [0.1, 0.15) is 0 Å². The van der Waals surface area contributed by atoms with Crippen LogP contribution in [0.25, 0.3) is 0 Å². The number of methoxy groups -OCH3 is 1. The van der Waals surface area contributed by atoms with Gasteiger partial charge in [-0.3, -0.25) is 0 Å². The van der Waals surface area contributed by atoms with Crippen molar-refractivity contribution in [3.63, 3.8) is 0 Å². The number of hydrogen-bond donors (Lipinski definition) is 2. The van der Waals surface area contributed by atoms with Gasteiger partial charge in [-0.2, -0.15) is 0 Å². The first kappa shape index (κ1) is 19.5. The molecule has 1 aliphatic rings. The standard InChI is InChI=1S/C20H26ClNO3S/c1-13-3-6-19-15(12-20(21)26-19)7-9-25-10-8-16(22-13)14-4-5-18(24-2)17(23)11-14/h4-5,11-13,16,22-23H,3,6-10H2,1-2H3/t13-,16-/m0/s1. The van der Waals surface area contributed by atoms with E-state index in [4.69, 9.17) is 21.1 Å². The molecule has 142 valence electrons. The number of aryl methyl sites for hydroxylation is 1. The summed E-state index contributed by atoms with van der Waals surface area (Å²) in [5, 5.41) is 13.8. The lowest BCUT2D eigenvalue weighted by Crippen LogP contribution is -2.32. The van der Waals surface area contributed by atoms with Crippen molar-refractivity contribution in [3.05, 3.63) is 44.6 Å². The summed E-state index contributed by atoms with van der Waals surface area (Å²) in [7, 11) is 1.56. The Bertz CT molecular complexity index is 734. The zero-order chi connectivity index (χ0) is 18.5. The van der Waals surface area contributed by atoms with Gasteiger partial charge in [0.2, 0.25) is 0 Å². The molecule has 0 aliphatic carbocycles. The van der Waals surface area contributed by atoms with E-state index in [0.29, 0.717) is 25.0 Å². The fraction of sp³-hybridized carbons (Fsp3) is 0.500. The minimum atomic E-state index is 0.132. The highest BCUT2D eigenvalue weighted by atomic mass is 35.5. The van der Waals surface area contributed by atoms with Crippen molar-refractivity contribution in [2.75, 3.05) is 20.3 Å². The van der Waals surface area contributed by atoms with E-state index in [9.17, 15) is 5.11 Å². The van der Waals surface area contributed by atoms with Gasteiger partial charge in [0.05, 0.1) is 18.1 Å². The van der Waals surface area contributed by atoms with Gasteiger partial charge in [0.15, 0.2) is 11.5 Å². The molecule has 4 nitrogen and oxygen atoms in total. The van der Waals surface area contributed by atoms with E-state index in [1.54, 1.807) is 24.5 Å². The molecular formula is C20H26ClNO3S. The van der Waals surface area contributed by atoms with Gasteiger partial charge >= 0.3 is 0 Å². The lowest BCUT2D eigenvalue weighted by molar-refractivity contribution is 0.125. The van der Waals surface area contributed by atoms with Crippen LogP contribution in [0, 0.1) is 0 Å². The van der Waals surface area contributed by atoms with E-state index in [0.717, 1.165) is 35.6 Å². The van der Waals surface area contributed by atoms with Crippen LogP contribution >= 0.6 is 22.9 Å². The molecule has 0 saturated carbocycles. The number of benzene rings is 1. The van der Waals surface area contributed by atoms with Crippen LogP contribution < -0.4 is 10.1 Å². The van der Waals surface area contributed by atoms with Gasteiger partial charge in [-0.25, -0.2) is 0 Å². The Kier molecular flexibility index (Phi) is 6.81. The number of nitrogens with one attached hydrogen (secondary N) is 1. The van der Waals surface area contributed by atoms with E-state index in [-0.39, 0.29) is 11.8 Å². The number of rotatable bonds is 2. The summed E-state index contributed by atoms with van der Waals surface area (Å²) in [6.45, 7) is 3.58. The fourth-order valence-corrected chi connectivity index (χ4v) is 4.74. The van der Waals surface area contributed by atoms with Crippen LogP contribution in [0.5, 0.6) is 11.5 Å². The maximum Gasteiger partial charge on any atom is 0.160 e. The third-order valence-electron chi connectivity index (χ3n) is 4.83. The second kappa shape index (κ2) is 9.09. The van der Waals surface area contributed by atoms with Crippen molar-refractivity contribution in [1.82, 2.24) is 5.32 Å². The number of ether oxygens (including phenoxy) is 2. The Morgan fingerprint density at radius 3 is 2.85 bits per heavy atom. The topological polar surface area (TPSA) is 50.7 Å². The second-order valence-electron chi connectivity index (χ2n) is 6.74. The Balaban J connectivity index is 1.74. The number of aromatic hydroxyl groups is 1. The Labute approximate surface area is 164 Å². The monoisotopic (exact) mass is 395 g/mol. The van der Waals surface area contributed by atoms with Gasteiger partial charge in [-0.1, -0.05) is 17.7 Å². The lowest BCUT2D eigenvalue weighted by Gasteiger charge is -2.25. The summed E-state index contributed by atoms with van der Waals surface area (Å²) >= 11 is 7.89. The molecule has 2 N–H and O–H groups in total. The molecule has 2 atom stereocenters. The molecule has 0 unspecified atom stereocenters. The van der Waals surface area contributed by atoms with Crippen LogP contribution in [-0.4, -0.2) is 31.5 Å². The Morgan fingerprint density at radius 1 is 1.23 bits per heavy atom. The summed E-state index contributed by atoms with van der Waals surface area (Å²) in [5.41, 5.74) is 2.38. The first-order chi connectivity index (χ1) is 12.6. The Morgan fingerprint density at radius 2 is 2.08 bits per heavy atom. The summed E-state index contributed by atoms with van der Waals surface area (Å²) in [5.74, 6) is 0.665. The van der Waals surface area contributed by atoms with E-state index in [2.05, 4.69) is 18.3 Å². The van der Waals surface area contributed by atoms with Gasteiger partial charge in [-0.15, -0.1) is 11.3 Å². The first-order valence-electron chi connectivity index (χ1n) is 9.04. The molecule has 0 amide bonds. The molecule has 2 aromatic rings. The molecule has 1 aliphatic heterocycles. The van der Waals surface area contributed by atoms with Crippen LogP contribution in [0.2, 0.25) is 4.34 Å². The molecule has 2 heterocycles. The molecule has 6 heteroatoms. The zero-order valence-corrected chi connectivity index (χ0v) is 16.8. The average molecular weight is 396 g/mol. The molecule has 0 saturated heterocycles. The number of phenolic OH excluding ortho intramolecular Hbond substituents is 1. The molecule has 0 radical (unpaired) electrons. The maximum atomic E-state index is 10.1. The van der Waals surface area contributed by atoms with Crippen LogP contribution in [-0.2, 0) is 17.6 Å². The van der Waals surface area contributed by atoms with Crippen molar-refractivity contribution in [1.29, 1.82) is 0 Å². The normalized spacial score (nSPS) is 22.1. The third-order valence-corrected chi connectivity index (χ3v) is 6.19. The highest BCUT2D eigenvalue weighted by Gasteiger charge is 2.18. The molecule has 0 spiro atoms. The third kappa shape index (κ3) is 4.92. The zero-order valence-electron chi connectivity index (χ0n) is 15.3. The lowest BCUT2D eigenvalue weighted by atomic mass is 10.0. The molecule has 26 heavy (non-hydrogen) atoms. The van der Waals surface area contributed by atoms with Crippen molar-refractivity contribution >= 4 is 22.9 Å². The summed E-state index contributed by atoms with van der Waals surface area (Å²) < 4.78 is 11.9. The number of thiophene rings is 1. The predicted octanol–water partition coefficient (Wildman–Crippen LogP) is 4.73. The quantitative estimate of drug-likeness (QED) is 0.771. The van der Waals surface area contributed by atoms with Crippen molar-refractivity contribution in [2.24, 2.45) is 0 Å². The van der Waals surface area contributed by atoms with E-state index < -0.39 is 0 Å². The largest absolute Gasteiger partial charge is 0.504 e. The smallest absolute Gasteiger partial charge is 0.160 e. The predicted molar refractivity (Wildman–Crippen MR) is 107 cm³/mol. The molecule has 0 bridgehead atoms. The Hall–Kier alpha value is -1.27. The average Bonchev–Trinajstić information content (AvgIpc) is 2.97. The molecule has 1 aromatic heterocycles. The minimum Gasteiger partial charge on any atom is -0.504 e. The van der Waals surface area contributed by atoms with Crippen molar-refractivity contribution in [2.45, 2.75) is 44.7 Å². The van der Waals surface area contributed by atoms with Crippen LogP contribution in [0.15, 0.2) is 24.3 Å². The van der Waals surface area contributed by atoms with Crippen LogP contribution in [0.1, 0.15) is 41.8 Å². The van der Waals surface area contributed by atoms with Crippen LogP contribution in [0.4, 0.5) is 0 Å². The fourth-order valence-electron chi connectivity index (χ4n) is 3.38. The number of phenols is 1. The molecule has 0 fully saturated rings. The second-order valence-corrected chi connectivity index (χ2v) is 8.51. The van der Waals surface area contributed by atoms with Gasteiger partial charge < -0.3 is 19.9 Å². The van der Waals surface area contributed by atoms with E-state index >= 15 is 0 Å². The number of fused-ring (bicyclic) bond motifs is 1. The summed E-state index contributed by atoms with van der Waals surface area (Å²) in [6.07, 6.45) is 3.83. The van der Waals surface area contributed by atoms with Gasteiger partial charge in [-0.05, 0) is 61.9 Å². The molecular weight excluding hydrogens is 370 g/mol. The van der Waals surface area contributed by atoms with Crippen molar-refractivity contribution < 1.29 is 14.6 Å². The molecule has 1 aromatic carbocycles. The van der Waals surface area contributed by atoms with Gasteiger partial charge in [0, 0.05) is 23.6 Å².